The van der Waals surface area contributed by atoms with Gasteiger partial charge < -0.3 is 4.57 Å². The molecule has 1 nitrogen and oxygen atoms in total. The number of nitrogens with zero attached hydrogens (tertiary/aromatic N) is 1. The van der Waals surface area contributed by atoms with Crippen LogP contribution in [0.1, 0.15) is 0 Å². The molecule has 0 amide bonds. The topological polar surface area (TPSA) is 4.93 Å². The number of rotatable bonds is 0. The van der Waals surface area contributed by atoms with Crippen molar-refractivity contribution in [2.24, 2.45) is 7.05 Å². The van der Waals surface area contributed by atoms with Crippen LogP contribution in [0.25, 0.3) is 10.9 Å². The van der Waals surface area contributed by atoms with Gasteiger partial charge in [-0.3, -0.25) is 0 Å². The minimum absolute atomic E-state index is 0.764. The first-order valence-corrected chi connectivity index (χ1v) is 4.75. The Balaban J connectivity index is 2.93. The lowest BCUT2D eigenvalue weighted by atomic mass is 10.2. The summed E-state index contributed by atoms with van der Waals surface area (Å²) in [4.78, 5) is 0. The zero-order chi connectivity index (χ0) is 8.72. The molecule has 12 heavy (non-hydrogen) atoms. The van der Waals surface area contributed by atoms with E-state index < -0.39 is 0 Å². The van der Waals surface area contributed by atoms with Crippen LogP contribution in [0.4, 0.5) is 0 Å². The molecule has 0 saturated heterocycles. The first kappa shape index (κ1) is 8.14. The summed E-state index contributed by atoms with van der Waals surface area (Å²) in [6, 6.07) is 5.91. The molecule has 0 spiro atoms. The Morgan fingerprint density at radius 3 is 2.92 bits per heavy atom. The highest BCUT2D eigenvalue weighted by atomic mass is 79.9. The number of aryl methyl sites for hydroxylation is 1. The third-order valence-electron chi connectivity index (χ3n) is 1.89. The Morgan fingerprint density at radius 1 is 1.42 bits per heavy atom. The molecule has 0 aliphatic heterocycles. The Morgan fingerprint density at radius 2 is 2.17 bits per heavy atom. The van der Waals surface area contributed by atoms with Gasteiger partial charge in [0, 0.05) is 28.1 Å². The molecule has 0 bridgehead atoms. The normalized spacial score (nSPS) is 10.9. The lowest BCUT2D eigenvalue weighted by Gasteiger charge is -1.99. The SMILES string of the molecule is Cn1ccc2cc(Cl)cc(Br)c21. The van der Waals surface area contributed by atoms with E-state index in [0.717, 1.165) is 14.9 Å². The van der Waals surface area contributed by atoms with E-state index in [1.165, 1.54) is 5.52 Å². The van der Waals surface area contributed by atoms with Gasteiger partial charge in [0.15, 0.2) is 0 Å². The van der Waals surface area contributed by atoms with Crippen molar-refractivity contribution < 1.29 is 0 Å². The van der Waals surface area contributed by atoms with Crippen LogP contribution in [0.15, 0.2) is 28.9 Å². The molecule has 0 aliphatic carbocycles. The molecule has 2 aromatic rings. The molecule has 0 atom stereocenters. The van der Waals surface area contributed by atoms with Gasteiger partial charge in [-0.1, -0.05) is 11.6 Å². The second-order valence-corrected chi connectivity index (χ2v) is 4.04. The predicted molar refractivity (Wildman–Crippen MR) is 55.6 cm³/mol. The van der Waals surface area contributed by atoms with Crippen molar-refractivity contribution in [2.45, 2.75) is 0 Å². The molecule has 62 valence electrons. The smallest absolute Gasteiger partial charge is 0.0623 e. The first-order valence-electron chi connectivity index (χ1n) is 3.58. The summed E-state index contributed by atoms with van der Waals surface area (Å²) in [5, 5.41) is 1.93. The molecule has 3 heteroatoms. The van der Waals surface area contributed by atoms with E-state index in [0.29, 0.717) is 0 Å². The molecule has 0 N–H and O–H groups in total. The van der Waals surface area contributed by atoms with Crippen LogP contribution in [-0.4, -0.2) is 4.57 Å². The van der Waals surface area contributed by atoms with Crippen LogP contribution >= 0.6 is 27.5 Å². The molecular formula is C9H7BrClN. The summed E-state index contributed by atoms with van der Waals surface area (Å²) >= 11 is 9.37. The fourth-order valence-electron chi connectivity index (χ4n) is 1.35. The van der Waals surface area contributed by atoms with Gasteiger partial charge in [0.25, 0.3) is 0 Å². The average Bonchev–Trinajstić information content (AvgIpc) is 2.31. The largest absolute Gasteiger partial charge is 0.350 e. The zero-order valence-electron chi connectivity index (χ0n) is 6.51. The van der Waals surface area contributed by atoms with Crippen molar-refractivity contribution >= 4 is 38.4 Å². The number of benzene rings is 1. The molecule has 0 fully saturated rings. The van der Waals surface area contributed by atoms with Crippen molar-refractivity contribution in [1.29, 1.82) is 0 Å². The maximum atomic E-state index is 5.89. The summed E-state index contributed by atoms with van der Waals surface area (Å²) in [7, 11) is 2.01. The maximum Gasteiger partial charge on any atom is 0.0623 e. The third kappa shape index (κ3) is 1.15. The van der Waals surface area contributed by atoms with Crippen molar-refractivity contribution in [2.75, 3.05) is 0 Å². The number of fused-ring (bicyclic) bond motifs is 1. The summed E-state index contributed by atoms with van der Waals surface area (Å²) in [5.41, 5.74) is 1.18. The van der Waals surface area contributed by atoms with Gasteiger partial charge in [-0.05, 0) is 34.1 Å². The van der Waals surface area contributed by atoms with E-state index >= 15 is 0 Å². The van der Waals surface area contributed by atoms with E-state index in [2.05, 4.69) is 20.5 Å². The van der Waals surface area contributed by atoms with Gasteiger partial charge in [-0.25, -0.2) is 0 Å². The van der Waals surface area contributed by atoms with Crippen LogP contribution in [-0.2, 0) is 7.05 Å². The summed E-state index contributed by atoms with van der Waals surface area (Å²) in [6.07, 6.45) is 2.02. The molecule has 0 saturated carbocycles. The standard InChI is InChI=1S/C9H7BrClN/c1-12-3-2-6-4-7(11)5-8(10)9(6)12/h2-5H,1H3. The fourth-order valence-corrected chi connectivity index (χ4v) is 2.47. The van der Waals surface area contributed by atoms with Gasteiger partial charge in [0.05, 0.1) is 5.52 Å². The molecular weight excluding hydrogens is 237 g/mol. The van der Waals surface area contributed by atoms with Crippen LogP contribution in [0.5, 0.6) is 0 Å². The Bertz CT molecular complexity index is 433. The average molecular weight is 245 g/mol. The van der Waals surface area contributed by atoms with E-state index in [1.54, 1.807) is 0 Å². The quantitative estimate of drug-likeness (QED) is 0.667. The second-order valence-electron chi connectivity index (χ2n) is 2.75. The zero-order valence-corrected chi connectivity index (χ0v) is 8.85. The summed E-state index contributed by atoms with van der Waals surface area (Å²) in [6.45, 7) is 0. The summed E-state index contributed by atoms with van der Waals surface area (Å²) < 4.78 is 3.10. The Hall–Kier alpha value is -0.470. The number of aromatic nitrogens is 1. The fraction of sp³-hybridized carbons (Fsp3) is 0.111. The van der Waals surface area contributed by atoms with E-state index in [9.17, 15) is 0 Å². The molecule has 0 aliphatic rings. The highest BCUT2D eigenvalue weighted by Gasteiger charge is 2.03. The molecule has 0 radical (unpaired) electrons. The van der Waals surface area contributed by atoms with Crippen molar-refractivity contribution in [1.82, 2.24) is 4.57 Å². The van der Waals surface area contributed by atoms with Crippen molar-refractivity contribution in [3.63, 3.8) is 0 Å². The lowest BCUT2D eigenvalue weighted by Crippen LogP contribution is -1.84. The van der Waals surface area contributed by atoms with E-state index in [4.69, 9.17) is 11.6 Å². The number of hydrogen-bond acceptors (Lipinski definition) is 0. The predicted octanol–water partition coefficient (Wildman–Crippen LogP) is 3.59. The molecule has 1 aromatic heterocycles. The molecule has 1 aromatic carbocycles. The van der Waals surface area contributed by atoms with Crippen LogP contribution in [0.2, 0.25) is 5.02 Å². The minimum Gasteiger partial charge on any atom is -0.350 e. The minimum atomic E-state index is 0.764. The van der Waals surface area contributed by atoms with Crippen LogP contribution in [0, 0.1) is 0 Å². The van der Waals surface area contributed by atoms with Crippen LogP contribution in [0.3, 0.4) is 0 Å². The molecule has 1 heterocycles. The van der Waals surface area contributed by atoms with Gasteiger partial charge in [0.2, 0.25) is 0 Å². The van der Waals surface area contributed by atoms with Gasteiger partial charge in [0.1, 0.15) is 0 Å². The Labute approximate surface area is 84.1 Å². The molecule has 0 unspecified atom stereocenters. The number of hydrogen-bond donors (Lipinski definition) is 0. The highest BCUT2D eigenvalue weighted by molar-refractivity contribution is 9.10. The Kier molecular flexibility index (Phi) is 1.89. The second kappa shape index (κ2) is 2.79. The third-order valence-corrected chi connectivity index (χ3v) is 2.71. The van der Waals surface area contributed by atoms with Crippen molar-refractivity contribution in [3.8, 4) is 0 Å². The van der Waals surface area contributed by atoms with E-state index in [-0.39, 0.29) is 0 Å². The van der Waals surface area contributed by atoms with Gasteiger partial charge >= 0.3 is 0 Å². The van der Waals surface area contributed by atoms with Gasteiger partial charge in [-0.15, -0.1) is 0 Å². The first-order chi connectivity index (χ1) is 5.68. The summed E-state index contributed by atoms with van der Waals surface area (Å²) in [5.74, 6) is 0. The van der Waals surface area contributed by atoms with Gasteiger partial charge in [-0.2, -0.15) is 0 Å². The highest BCUT2D eigenvalue weighted by Crippen LogP contribution is 2.28. The monoisotopic (exact) mass is 243 g/mol. The number of halogens is 2. The van der Waals surface area contributed by atoms with E-state index in [1.807, 2.05) is 31.4 Å². The maximum absolute atomic E-state index is 5.89. The lowest BCUT2D eigenvalue weighted by molar-refractivity contribution is 0.967. The van der Waals surface area contributed by atoms with Crippen molar-refractivity contribution in [3.05, 3.63) is 33.9 Å². The van der Waals surface area contributed by atoms with Crippen LogP contribution < -0.4 is 0 Å². The molecule has 2 rings (SSSR count).